The van der Waals surface area contributed by atoms with Crippen molar-refractivity contribution < 1.29 is 9.59 Å². The Hall–Kier alpha value is -0.750. The second-order valence-corrected chi connectivity index (χ2v) is 6.30. The van der Waals surface area contributed by atoms with Crippen LogP contribution in [0.2, 0.25) is 0 Å². The minimum Gasteiger partial charge on any atom is -0.347 e. The predicted molar refractivity (Wildman–Crippen MR) is 72.5 cm³/mol. The van der Waals surface area contributed by atoms with Gasteiger partial charge in [-0.1, -0.05) is 0 Å². The summed E-state index contributed by atoms with van der Waals surface area (Å²) in [4.78, 5) is 27.9. The molecule has 2 saturated heterocycles. The normalized spacial score (nSPS) is 28.2. The van der Waals surface area contributed by atoms with E-state index in [2.05, 4.69) is 5.32 Å². The van der Waals surface area contributed by atoms with Crippen molar-refractivity contribution in [2.45, 2.75) is 24.1 Å². The molecule has 18 heavy (non-hydrogen) atoms. The maximum absolute atomic E-state index is 12.4. The van der Waals surface area contributed by atoms with E-state index in [1.165, 1.54) is 0 Å². The molecule has 2 heterocycles. The predicted octanol–water partition coefficient (Wildman–Crippen LogP) is -0.229. The van der Waals surface area contributed by atoms with Crippen LogP contribution >= 0.6 is 11.8 Å². The molecular weight excluding hydrogens is 250 g/mol. The summed E-state index contributed by atoms with van der Waals surface area (Å²) in [6, 6.07) is -0.331. The zero-order valence-electron chi connectivity index (χ0n) is 11.0. The summed E-state index contributed by atoms with van der Waals surface area (Å²) in [6.45, 7) is 1.99. The lowest BCUT2D eigenvalue weighted by Gasteiger charge is -2.37. The van der Waals surface area contributed by atoms with E-state index >= 15 is 0 Å². The Bertz CT molecular complexity index is 329. The number of nitrogens with one attached hydrogen (secondary N) is 1. The summed E-state index contributed by atoms with van der Waals surface area (Å²) in [6.07, 6.45) is 2.07. The SMILES string of the molecule is CN(C)C(=O)C1CNCCN1C(=O)C1CCCS1. The molecule has 1 N–H and O–H groups in total. The van der Waals surface area contributed by atoms with E-state index in [1.807, 2.05) is 0 Å². The fourth-order valence-electron chi connectivity index (χ4n) is 2.44. The average molecular weight is 271 g/mol. The highest BCUT2D eigenvalue weighted by molar-refractivity contribution is 8.00. The monoisotopic (exact) mass is 271 g/mol. The van der Waals surface area contributed by atoms with Crippen LogP contribution in [0.1, 0.15) is 12.8 Å². The van der Waals surface area contributed by atoms with Crippen LogP contribution in [0.5, 0.6) is 0 Å². The lowest BCUT2D eigenvalue weighted by atomic mass is 10.1. The average Bonchev–Trinajstić information content (AvgIpc) is 2.90. The first-order chi connectivity index (χ1) is 8.61. The van der Waals surface area contributed by atoms with Crippen LogP contribution in [0.25, 0.3) is 0 Å². The van der Waals surface area contributed by atoms with Crippen molar-refractivity contribution >= 4 is 23.6 Å². The van der Waals surface area contributed by atoms with Crippen LogP contribution in [0, 0.1) is 0 Å². The quantitative estimate of drug-likeness (QED) is 0.754. The molecule has 102 valence electrons. The molecule has 6 heteroatoms. The number of hydrogen-bond acceptors (Lipinski definition) is 4. The fourth-order valence-corrected chi connectivity index (χ4v) is 3.67. The van der Waals surface area contributed by atoms with Crippen LogP contribution in [0.15, 0.2) is 0 Å². The maximum atomic E-state index is 12.4. The summed E-state index contributed by atoms with van der Waals surface area (Å²) in [5.41, 5.74) is 0. The highest BCUT2D eigenvalue weighted by atomic mass is 32.2. The Morgan fingerprint density at radius 2 is 2.17 bits per heavy atom. The molecular formula is C12H21N3O2S. The van der Waals surface area contributed by atoms with Gasteiger partial charge in [-0.2, -0.15) is 0 Å². The molecule has 0 aromatic carbocycles. The molecule has 0 aliphatic carbocycles. The molecule has 0 aromatic heterocycles. The van der Waals surface area contributed by atoms with E-state index < -0.39 is 0 Å². The van der Waals surface area contributed by atoms with Gasteiger partial charge in [0.05, 0.1) is 5.25 Å². The van der Waals surface area contributed by atoms with E-state index in [-0.39, 0.29) is 23.1 Å². The van der Waals surface area contributed by atoms with E-state index in [0.717, 1.165) is 25.1 Å². The lowest BCUT2D eigenvalue weighted by molar-refractivity contribution is -0.145. The molecule has 0 bridgehead atoms. The summed E-state index contributed by atoms with van der Waals surface area (Å²) >= 11 is 1.73. The zero-order chi connectivity index (χ0) is 13.1. The van der Waals surface area contributed by atoms with Crippen LogP contribution < -0.4 is 5.32 Å². The number of piperazine rings is 1. The number of thioether (sulfide) groups is 1. The van der Waals surface area contributed by atoms with Crippen LogP contribution in [-0.4, -0.2) is 72.4 Å². The van der Waals surface area contributed by atoms with Crippen molar-refractivity contribution in [1.29, 1.82) is 0 Å². The van der Waals surface area contributed by atoms with E-state index in [1.54, 1.807) is 35.7 Å². The van der Waals surface area contributed by atoms with E-state index in [9.17, 15) is 9.59 Å². The molecule has 2 unspecified atom stereocenters. The smallest absolute Gasteiger partial charge is 0.246 e. The van der Waals surface area contributed by atoms with Gasteiger partial charge in [0.15, 0.2) is 0 Å². The minimum absolute atomic E-state index is 0.0125. The van der Waals surface area contributed by atoms with Crippen molar-refractivity contribution in [2.75, 3.05) is 39.5 Å². The number of rotatable bonds is 2. The van der Waals surface area contributed by atoms with Gasteiger partial charge in [-0.25, -0.2) is 0 Å². The first kappa shape index (κ1) is 13.7. The van der Waals surface area contributed by atoms with Gasteiger partial charge in [-0.3, -0.25) is 9.59 Å². The molecule has 2 fully saturated rings. The van der Waals surface area contributed by atoms with Gasteiger partial charge in [0.2, 0.25) is 11.8 Å². The molecule has 2 atom stereocenters. The maximum Gasteiger partial charge on any atom is 0.246 e. The number of carbonyl (C=O) groups is 2. The molecule has 5 nitrogen and oxygen atoms in total. The third-order valence-electron chi connectivity index (χ3n) is 3.46. The van der Waals surface area contributed by atoms with Gasteiger partial charge >= 0.3 is 0 Å². The van der Waals surface area contributed by atoms with Gasteiger partial charge in [0, 0.05) is 33.7 Å². The third kappa shape index (κ3) is 2.80. The van der Waals surface area contributed by atoms with Crippen molar-refractivity contribution in [3.05, 3.63) is 0 Å². The Balaban J connectivity index is 2.07. The topological polar surface area (TPSA) is 52.7 Å². The number of amides is 2. The Labute approximate surface area is 112 Å². The molecule has 0 saturated carbocycles. The zero-order valence-corrected chi connectivity index (χ0v) is 11.8. The Morgan fingerprint density at radius 3 is 2.78 bits per heavy atom. The summed E-state index contributed by atoms with van der Waals surface area (Å²) in [5, 5.41) is 3.27. The van der Waals surface area contributed by atoms with Gasteiger partial charge < -0.3 is 15.1 Å². The van der Waals surface area contributed by atoms with Gasteiger partial charge in [0.1, 0.15) is 6.04 Å². The molecule has 0 radical (unpaired) electrons. The summed E-state index contributed by atoms with van der Waals surface area (Å²) in [7, 11) is 3.48. The minimum atomic E-state index is -0.331. The molecule has 0 spiro atoms. The highest BCUT2D eigenvalue weighted by Crippen LogP contribution is 2.28. The largest absolute Gasteiger partial charge is 0.347 e. The van der Waals surface area contributed by atoms with Crippen LogP contribution in [-0.2, 0) is 9.59 Å². The number of hydrogen-bond donors (Lipinski definition) is 1. The van der Waals surface area contributed by atoms with Crippen LogP contribution in [0.4, 0.5) is 0 Å². The van der Waals surface area contributed by atoms with Crippen molar-refractivity contribution in [3.8, 4) is 0 Å². The highest BCUT2D eigenvalue weighted by Gasteiger charge is 2.37. The fraction of sp³-hybridized carbons (Fsp3) is 0.833. The first-order valence-corrected chi connectivity index (χ1v) is 7.50. The van der Waals surface area contributed by atoms with Crippen molar-refractivity contribution in [2.24, 2.45) is 0 Å². The first-order valence-electron chi connectivity index (χ1n) is 6.45. The molecule has 2 aliphatic rings. The lowest BCUT2D eigenvalue weighted by Crippen LogP contribution is -2.60. The summed E-state index contributed by atoms with van der Waals surface area (Å²) in [5.74, 6) is 1.23. The van der Waals surface area contributed by atoms with Gasteiger partial charge in [-0.05, 0) is 18.6 Å². The molecule has 2 rings (SSSR count). The van der Waals surface area contributed by atoms with Crippen LogP contribution in [0.3, 0.4) is 0 Å². The van der Waals surface area contributed by atoms with Gasteiger partial charge in [-0.15, -0.1) is 11.8 Å². The van der Waals surface area contributed by atoms with Gasteiger partial charge in [0.25, 0.3) is 0 Å². The summed E-state index contributed by atoms with van der Waals surface area (Å²) < 4.78 is 0. The molecule has 2 aliphatic heterocycles. The second kappa shape index (κ2) is 5.93. The number of nitrogens with zero attached hydrogens (tertiary/aromatic N) is 2. The van der Waals surface area contributed by atoms with E-state index in [0.29, 0.717) is 13.1 Å². The molecule has 0 aromatic rings. The number of carbonyl (C=O) groups excluding carboxylic acids is 2. The Morgan fingerprint density at radius 1 is 1.39 bits per heavy atom. The van der Waals surface area contributed by atoms with Crippen molar-refractivity contribution in [1.82, 2.24) is 15.1 Å². The standard InChI is InChI=1S/C12H21N3O2S/c1-14(2)11(16)9-8-13-5-6-15(9)12(17)10-4-3-7-18-10/h9-10,13H,3-8H2,1-2H3. The number of likely N-dealkylation sites (N-methyl/N-ethyl adjacent to an activating group) is 1. The van der Waals surface area contributed by atoms with Crippen molar-refractivity contribution in [3.63, 3.8) is 0 Å². The second-order valence-electron chi connectivity index (χ2n) is 4.99. The third-order valence-corrected chi connectivity index (χ3v) is 4.82. The molecule has 2 amide bonds. The Kier molecular flexibility index (Phi) is 4.50. The van der Waals surface area contributed by atoms with E-state index in [4.69, 9.17) is 0 Å².